The number of benzene rings is 1. The van der Waals surface area contributed by atoms with Crippen molar-refractivity contribution in [3.8, 4) is 0 Å². The van der Waals surface area contributed by atoms with Gasteiger partial charge in [-0.2, -0.15) is 0 Å². The predicted molar refractivity (Wildman–Crippen MR) is 80.7 cm³/mol. The fourth-order valence-electron chi connectivity index (χ4n) is 2.52. The van der Waals surface area contributed by atoms with Crippen molar-refractivity contribution in [2.24, 2.45) is 5.41 Å². The summed E-state index contributed by atoms with van der Waals surface area (Å²) in [5, 5.41) is 9.62. The monoisotopic (exact) mass is 313 g/mol. The molecule has 5 nitrogen and oxygen atoms in total. The van der Waals surface area contributed by atoms with Crippen LogP contribution in [0, 0.1) is 19.3 Å². The SMILES string of the molecule is Cc1ccc(C)c(S(=O)(=O)NCC2(CO)CCOCC2)c1. The summed E-state index contributed by atoms with van der Waals surface area (Å²) in [6, 6.07) is 5.37. The molecule has 6 heteroatoms. The molecule has 1 heterocycles. The summed E-state index contributed by atoms with van der Waals surface area (Å²) in [6.07, 6.45) is 1.33. The van der Waals surface area contributed by atoms with E-state index < -0.39 is 15.4 Å². The van der Waals surface area contributed by atoms with Crippen LogP contribution in [-0.2, 0) is 14.8 Å². The maximum absolute atomic E-state index is 12.5. The largest absolute Gasteiger partial charge is 0.396 e. The van der Waals surface area contributed by atoms with Crippen molar-refractivity contribution in [1.29, 1.82) is 0 Å². The number of aryl methyl sites for hydroxylation is 2. The summed E-state index contributed by atoms with van der Waals surface area (Å²) in [5.74, 6) is 0. The molecule has 2 N–H and O–H groups in total. The van der Waals surface area contributed by atoms with E-state index in [1.165, 1.54) is 0 Å². The molecule has 118 valence electrons. The summed E-state index contributed by atoms with van der Waals surface area (Å²) in [6.45, 7) is 4.97. The van der Waals surface area contributed by atoms with Gasteiger partial charge in [-0.25, -0.2) is 13.1 Å². The van der Waals surface area contributed by atoms with Gasteiger partial charge in [-0.1, -0.05) is 12.1 Å². The van der Waals surface area contributed by atoms with E-state index in [1.807, 2.05) is 13.0 Å². The fourth-order valence-corrected chi connectivity index (χ4v) is 4.00. The van der Waals surface area contributed by atoms with E-state index in [4.69, 9.17) is 4.74 Å². The second-order valence-corrected chi connectivity index (χ2v) is 7.60. The number of hydrogen-bond donors (Lipinski definition) is 2. The first-order valence-corrected chi connectivity index (χ1v) is 8.62. The summed E-state index contributed by atoms with van der Waals surface area (Å²) in [7, 11) is -3.56. The molecule has 1 fully saturated rings. The van der Waals surface area contributed by atoms with E-state index in [0.29, 0.717) is 31.0 Å². The molecule has 1 aromatic carbocycles. The molecular weight excluding hydrogens is 290 g/mol. The van der Waals surface area contributed by atoms with Gasteiger partial charge in [0.05, 0.1) is 11.5 Å². The van der Waals surface area contributed by atoms with Crippen LogP contribution < -0.4 is 4.72 Å². The number of hydrogen-bond acceptors (Lipinski definition) is 4. The zero-order chi connectivity index (χ0) is 15.5. The van der Waals surface area contributed by atoms with Crippen LogP contribution in [0.25, 0.3) is 0 Å². The molecule has 1 aromatic rings. The Kier molecular flexibility index (Phi) is 5.03. The Morgan fingerprint density at radius 3 is 2.57 bits per heavy atom. The third-order valence-electron chi connectivity index (χ3n) is 4.16. The minimum Gasteiger partial charge on any atom is -0.396 e. The normalized spacial score (nSPS) is 18.6. The first-order chi connectivity index (χ1) is 9.88. The van der Waals surface area contributed by atoms with Crippen molar-refractivity contribution in [2.45, 2.75) is 31.6 Å². The first-order valence-electron chi connectivity index (χ1n) is 7.14. The molecule has 0 atom stereocenters. The third-order valence-corrected chi connectivity index (χ3v) is 5.70. The van der Waals surface area contributed by atoms with Crippen molar-refractivity contribution in [2.75, 3.05) is 26.4 Å². The van der Waals surface area contributed by atoms with Crippen molar-refractivity contribution in [3.63, 3.8) is 0 Å². The van der Waals surface area contributed by atoms with Crippen LogP contribution in [0.2, 0.25) is 0 Å². The van der Waals surface area contributed by atoms with Gasteiger partial charge >= 0.3 is 0 Å². The molecule has 0 bridgehead atoms. The number of aliphatic hydroxyl groups is 1. The van der Waals surface area contributed by atoms with Gasteiger partial charge in [-0.05, 0) is 43.9 Å². The topological polar surface area (TPSA) is 75.6 Å². The van der Waals surface area contributed by atoms with Gasteiger partial charge in [-0.15, -0.1) is 0 Å². The summed E-state index contributed by atoms with van der Waals surface area (Å²) in [4.78, 5) is 0.308. The minimum atomic E-state index is -3.56. The summed E-state index contributed by atoms with van der Waals surface area (Å²) < 4.78 is 32.9. The zero-order valence-electron chi connectivity index (χ0n) is 12.6. The first kappa shape index (κ1) is 16.4. The number of sulfonamides is 1. The van der Waals surface area contributed by atoms with Crippen molar-refractivity contribution in [3.05, 3.63) is 29.3 Å². The molecule has 0 amide bonds. The quantitative estimate of drug-likeness (QED) is 0.861. The second-order valence-electron chi connectivity index (χ2n) is 5.86. The zero-order valence-corrected chi connectivity index (χ0v) is 13.4. The van der Waals surface area contributed by atoms with E-state index in [0.717, 1.165) is 11.1 Å². The number of ether oxygens (including phenoxy) is 1. The standard InChI is InChI=1S/C15H23NO4S/c1-12-3-4-13(2)14(9-12)21(18,19)16-10-15(11-17)5-7-20-8-6-15/h3-4,9,16-17H,5-8,10-11H2,1-2H3. The van der Waals surface area contributed by atoms with Gasteiger partial charge in [-0.3, -0.25) is 0 Å². The third kappa shape index (κ3) is 3.83. The smallest absolute Gasteiger partial charge is 0.240 e. The van der Waals surface area contributed by atoms with Gasteiger partial charge in [0.25, 0.3) is 0 Å². The van der Waals surface area contributed by atoms with Crippen LogP contribution in [0.3, 0.4) is 0 Å². The molecule has 0 unspecified atom stereocenters. The molecule has 1 aliphatic rings. The van der Waals surface area contributed by atoms with E-state index >= 15 is 0 Å². The van der Waals surface area contributed by atoms with Crippen LogP contribution in [0.4, 0.5) is 0 Å². The van der Waals surface area contributed by atoms with Gasteiger partial charge in [0.15, 0.2) is 0 Å². The molecule has 1 aliphatic heterocycles. The van der Waals surface area contributed by atoms with Gasteiger partial charge < -0.3 is 9.84 Å². The van der Waals surface area contributed by atoms with Gasteiger partial charge in [0.2, 0.25) is 10.0 Å². The lowest BCUT2D eigenvalue weighted by molar-refractivity contribution is -0.0126. The number of nitrogens with one attached hydrogen (secondary N) is 1. The Hall–Kier alpha value is -0.950. The van der Waals surface area contributed by atoms with E-state index in [-0.39, 0.29) is 13.2 Å². The Morgan fingerprint density at radius 2 is 1.95 bits per heavy atom. The van der Waals surface area contributed by atoms with Crippen molar-refractivity contribution in [1.82, 2.24) is 4.72 Å². The average molecular weight is 313 g/mol. The highest BCUT2D eigenvalue weighted by Crippen LogP contribution is 2.29. The lowest BCUT2D eigenvalue weighted by Gasteiger charge is -2.35. The fraction of sp³-hybridized carbons (Fsp3) is 0.600. The molecule has 0 radical (unpaired) electrons. The second kappa shape index (κ2) is 6.44. The maximum atomic E-state index is 12.5. The number of aliphatic hydroxyl groups excluding tert-OH is 1. The van der Waals surface area contributed by atoms with Crippen LogP contribution >= 0.6 is 0 Å². The maximum Gasteiger partial charge on any atom is 0.240 e. The average Bonchev–Trinajstić information content (AvgIpc) is 2.49. The molecule has 21 heavy (non-hydrogen) atoms. The lowest BCUT2D eigenvalue weighted by Crippen LogP contribution is -2.43. The van der Waals surface area contributed by atoms with Crippen molar-refractivity contribution < 1.29 is 18.3 Å². The van der Waals surface area contributed by atoms with E-state index in [9.17, 15) is 13.5 Å². The van der Waals surface area contributed by atoms with Gasteiger partial charge in [0.1, 0.15) is 0 Å². The molecule has 0 spiro atoms. The van der Waals surface area contributed by atoms with Gasteiger partial charge in [0, 0.05) is 25.2 Å². The Balaban J connectivity index is 2.15. The highest BCUT2D eigenvalue weighted by atomic mass is 32.2. The predicted octanol–water partition coefficient (Wildman–Crippen LogP) is 1.37. The van der Waals surface area contributed by atoms with Crippen molar-refractivity contribution >= 4 is 10.0 Å². The minimum absolute atomic E-state index is 0.0360. The Bertz CT molecular complexity index is 592. The highest BCUT2D eigenvalue weighted by molar-refractivity contribution is 7.89. The summed E-state index contributed by atoms with van der Waals surface area (Å²) in [5.41, 5.74) is 1.21. The molecule has 2 rings (SSSR count). The molecular formula is C15H23NO4S. The van der Waals surface area contributed by atoms with Crippen LogP contribution in [0.5, 0.6) is 0 Å². The van der Waals surface area contributed by atoms with Crippen LogP contribution in [-0.4, -0.2) is 39.9 Å². The lowest BCUT2D eigenvalue weighted by atomic mass is 9.81. The molecule has 0 saturated carbocycles. The molecule has 1 saturated heterocycles. The number of rotatable bonds is 5. The van der Waals surface area contributed by atoms with Crippen LogP contribution in [0.1, 0.15) is 24.0 Å². The highest BCUT2D eigenvalue weighted by Gasteiger charge is 2.33. The molecule has 0 aromatic heterocycles. The molecule has 0 aliphatic carbocycles. The van der Waals surface area contributed by atoms with E-state index in [1.54, 1.807) is 19.1 Å². The Morgan fingerprint density at radius 1 is 1.29 bits per heavy atom. The summed E-state index contributed by atoms with van der Waals surface area (Å²) >= 11 is 0. The van der Waals surface area contributed by atoms with E-state index in [2.05, 4.69) is 4.72 Å². The van der Waals surface area contributed by atoms with Crippen LogP contribution in [0.15, 0.2) is 23.1 Å². The Labute approximate surface area is 126 Å².